The summed E-state index contributed by atoms with van der Waals surface area (Å²) in [5.74, 6) is 0. The van der Waals surface area contributed by atoms with Crippen molar-refractivity contribution in [2.75, 3.05) is 7.05 Å². The van der Waals surface area contributed by atoms with Gasteiger partial charge in [-0.15, -0.1) is 0 Å². The van der Waals surface area contributed by atoms with Gasteiger partial charge < -0.3 is 5.32 Å². The Morgan fingerprint density at radius 3 is 2.68 bits per heavy atom. The summed E-state index contributed by atoms with van der Waals surface area (Å²) in [4.78, 5) is 12.3. The highest BCUT2D eigenvalue weighted by molar-refractivity contribution is 5.61. The number of aryl methyl sites for hydroxylation is 3. The Morgan fingerprint density at radius 2 is 1.95 bits per heavy atom. The van der Waals surface area contributed by atoms with Gasteiger partial charge in [0.2, 0.25) is 0 Å². The molecule has 0 spiro atoms. The van der Waals surface area contributed by atoms with E-state index in [1.807, 2.05) is 20.0 Å². The van der Waals surface area contributed by atoms with Crippen molar-refractivity contribution in [2.45, 2.75) is 45.7 Å². The van der Waals surface area contributed by atoms with E-state index < -0.39 is 0 Å². The Kier molecular flexibility index (Phi) is 4.39. The molecule has 0 aliphatic heterocycles. The van der Waals surface area contributed by atoms with Crippen molar-refractivity contribution in [2.24, 2.45) is 0 Å². The van der Waals surface area contributed by atoms with E-state index in [-0.39, 0.29) is 5.56 Å². The molecule has 1 N–H and O–H groups in total. The zero-order chi connectivity index (χ0) is 15.5. The van der Waals surface area contributed by atoms with Crippen LogP contribution in [0, 0.1) is 0 Å². The first-order chi connectivity index (χ1) is 10.7. The molecule has 4 heteroatoms. The molecule has 0 saturated carbocycles. The van der Waals surface area contributed by atoms with Gasteiger partial charge in [-0.2, -0.15) is 5.10 Å². The van der Waals surface area contributed by atoms with Crippen molar-refractivity contribution >= 4 is 0 Å². The smallest absolute Gasteiger partial charge is 0.271 e. The molecule has 2 aromatic rings. The molecular weight excluding hydrogens is 274 g/mol. The second-order valence-corrected chi connectivity index (χ2v) is 5.90. The lowest BCUT2D eigenvalue weighted by Crippen LogP contribution is -2.28. The number of hydrogen-bond donors (Lipinski definition) is 1. The van der Waals surface area contributed by atoms with Crippen molar-refractivity contribution in [1.82, 2.24) is 15.1 Å². The number of nitrogens with zero attached hydrogens (tertiary/aromatic N) is 2. The fourth-order valence-corrected chi connectivity index (χ4v) is 3.16. The van der Waals surface area contributed by atoms with Crippen LogP contribution in [0.25, 0.3) is 11.3 Å². The van der Waals surface area contributed by atoms with Gasteiger partial charge in [0, 0.05) is 24.2 Å². The summed E-state index contributed by atoms with van der Waals surface area (Å²) in [5.41, 5.74) is 5.68. The molecular formula is C18H23N3O. The van der Waals surface area contributed by atoms with Crippen LogP contribution < -0.4 is 10.9 Å². The molecule has 4 nitrogen and oxygen atoms in total. The van der Waals surface area contributed by atoms with E-state index in [1.54, 1.807) is 4.68 Å². The predicted molar refractivity (Wildman–Crippen MR) is 89.0 cm³/mol. The van der Waals surface area contributed by atoms with Gasteiger partial charge in [-0.05, 0) is 62.9 Å². The molecule has 1 aliphatic rings. The third-order valence-electron chi connectivity index (χ3n) is 4.36. The van der Waals surface area contributed by atoms with Crippen LogP contribution in [-0.2, 0) is 25.9 Å². The summed E-state index contributed by atoms with van der Waals surface area (Å²) in [6.45, 7) is 3.11. The average Bonchev–Trinajstić information content (AvgIpc) is 2.56. The van der Waals surface area contributed by atoms with Crippen LogP contribution in [0.15, 0.2) is 29.1 Å². The molecule has 0 unspecified atom stereocenters. The van der Waals surface area contributed by atoms with Gasteiger partial charge in [0.15, 0.2) is 0 Å². The monoisotopic (exact) mass is 297 g/mol. The van der Waals surface area contributed by atoms with Gasteiger partial charge in [0.05, 0.1) is 5.69 Å². The van der Waals surface area contributed by atoms with E-state index >= 15 is 0 Å². The van der Waals surface area contributed by atoms with Crippen molar-refractivity contribution in [1.29, 1.82) is 0 Å². The van der Waals surface area contributed by atoms with Gasteiger partial charge in [-0.3, -0.25) is 4.79 Å². The van der Waals surface area contributed by atoms with Crippen molar-refractivity contribution in [3.05, 3.63) is 51.3 Å². The second-order valence-electron chi connectivity index (χ2n) is 5.90. The Hall–Kier alpha value is -1.94. The first-order valence-corrected chi connectivity index (χ1v) is 8.10. The van der Waals surface area contributed by atoms with Gasteiger partial charge in [-0.1, -0.05) is 12.1 Å². The first-order valence-electron chi connectivity index (χ1n) is 8.10. The quantitative estimate of drug-likeness (QED) is 0.943. The molecule has 0 radical (unpaired) electrons. The third-order valence-corrected chi connectivity index (χ3v) is 4.36. The Morgan fingerprint density at radius 1 is 1.18 bits per heavy atom. The predicted octanol–water partition coefficient (Wildman–Crippen LogP) is 2.53. The maximum Gasteiger partial charge on any atom is 0.271 e. The topological polar surface area (TPSA) is 46.9 Å². The number of fused-ring (bicyclic) bond motifs is 1. The van der Waals surface area contributed by atoms with Crippen LogP contribution in [0.1, 0.15) is 36.5 Å². The van der Waals surface area contributed by atoms with Crippen LogP contribution >= 0.6 is 0 Å². The summed E-state index contributed by atoms with van der Waals surface area (Å²) < 4.78 is 1.56. The highest BCUT2D eigenvalue weighted by Crippen LogP contribution is 2.26. The molecule has 0 fully saturated rings. The average molecular weight is 297 g/mol. The minimum Gasteiger partial charge on any atom is -0.315 e. The van der Waals surface area contributed by atoms with E-state index in [2.05, 4.69) is 28.6 Å². The number of nitrogens with one attached hydrogen (secondary N) is 1. The molecule has 1 aliphatic carbocycles. The van der Waals surface area contributed by atoms with Gasteiger partial charge in [-0.25, -0.2) is 4.68 Å². The fourth-order valence-electron chi connectivity index (χ4n) is 3.16. The lowest BCUT2D eigenvalue weighted by Gasteiger charge is -2.17. The molecule has 22 heavy (non-hydrogen) atoms. The molecule has 0 saturated heterocycles. The lowest BCUT2D eigenvalue weighted by molar-refractivity contribution is 0.605. The normalized spacial score (nSPS) is 13.9. The van der Waals surface area contributed by atoms with Gasteiger partial charge in [0.25, 0.3) is 5.56 Å². The van der Waals surface area contributed by atoms with Gasteiger partial charge >= 0.3 is 0 Å². The molecule has 1 aromatic carbocycles. The largest absolute Gasteiger partial charge is 0.315 e. The molecule has 0 bridgehead atoms. The van der Waals surface area contributed by atoms with E-state index in [0.29, 0.717) is 13.1 Å². The third kappa shape index (κ3) is 2.83. The standard InChI is InChI=1S/C18H23N3O/c1-3-21-18(22)16(12-19-2)11-17(20-21)15-9-8-13-6-4-5-7-14(13)10-15/h8-11,19H,3-7,12H2,1-2H3. The highest BCUT2D eigenvalue weighted by atomic mass is 16.1. The molecule has 0 amide bonds. The van der Waals surface area contributed by atoms with E-state index in [1.165, 1.54) is 30.4 Å². The van der Waals surface area contributed by atoms with Crippen LogP contribution in [-0.4, -0.2) is 16.8 Å². The maximum absolute atomic E-state index is 12.3. The first kappa shape index (κ1) is 15.0. The van der Waals surface area contributed by atoms with E-state index in [4.69, 9.17) is 0 Å². The number of benzene rings is 1. The summed E-state index contributed by atoms with van der Waals surface area (Å²) in [6, 6.07) is 8.55. The van der Waals surface area contributed by atoms with Gasteiger partial charge in [0.1, 0.15) is 0 Å². The molecule has 116 valence electrons. The number of rotatable bonds is 4. The van der Waals surface area contributed by atoms with Crippen LogP contribution in [0.5, 0.6) is 0 Å². The molecule has 0 atom stereocenters. The number of aromatic nitrogens is 2. The summed E-state index contributed by atoms with van der Waals surface area (Å²) in [7, 11) is 1.86. The van der Waals surface area contributed by atoms with E-state index in [0.717, 1.165) is 23.2 Å². The van der Waals surface area contributed by atoms with Crippen LogP contribution in [0.2, 0.25) is 0 Å². The highest BCUT2D eigenvalue weighted by Gasteiger charge is 2.13. The van der Waals surface area contributed by atoms with Crippen LogP contribution in [0.4, 0.5) is 0 Å². The van der Waals surface area contributed by atoms with Crippen molar-refractivity contribution in [3.63, 3.8) is 0 Å². The summed E-state index contributed by atoms with van der Waals surface area (Å²) in [5, 5.41) is 7.59. The second kappa shape index (κ2) is 6.44. The Bertz CT molecular complexity index is 734. The molecule has 1 heterocycles. The zero-order valence-corrected chi connectivity index (χ0v) is 13.4. The Labute approximate surface area is 131 Å². The minimum absolute atomic E-state index is 0.00133. The minimum atomic E-state index is -0.00133. The van der Waals surface area contributed by atoms with Crippen molar-refractivity contribution in [3.8, 4) is 11.3 Å². The maximum atomic E-state index is 12.3. The summed E-state index contributed by atoms with van der Waals surface area (Å²) in [6.07, 6.45) is 4.89. The number of hydrogen-bond acceptors (Lipinski definition) is 3. The van der Waals surface area contributed by atoms with E-state index in [9.17, 15) is 4.79 Å². The lowest BCUT2D eigenvalue weighted by atomic mass is 9.90. The fraction of sp³-hybridized carbons (Fsp3) is 0.444. The zero-order valence-electron chi connectivity index (χ0n) is 13.4. The summed E-state index contributed by atoms with van der Waals surface area (Å²) >= 11 is 0. The molecule has 3 rings (SSSR count). The molecule has 1 aromatic heterocycles. The van der Waals surface area contributed by atoms with Crippen molar-refractivity contribution < 1.29 is 0 Å². The SMILES string of the molecule is CCn1nc(-c2ccc3c(c2)CCCC3)cc(CNC)c1=O. The Balaban J connectivity index is 2.07. The van der Waals surface area contributed by atoms with Crippen LogP contribution in [0.3, 0.4) is 0 Å².